The summed E-state index contributed by atoms with van der Waals surface area (Å²) in [6, 6.07) is 0. The van der Waals surface area contributed by atoms with Crippen LogP contribution in [-0.2, 0) is 20.0 Å². The van der Waals surface area contributed by atoms with Gasteiger partial charge in [-0.1, -0.05) is 6.92 Å². The third-order valence-electron chi connectivity index (χ3n) is 2.78. The lowest BCUT2D eigenvalue weighted by molar-refractivity contribution is 0.0942. The zero-order valence-electron chi connectivity index (χ0n) is 11.2. The number of amides is 1. The van der Waals surface area contributed by atoms with E-state index in [1.165, 1.54) is 16.0 Å². The molecule has 0 aliphatic rings. The van der Waals surface area contributed by atoms with Gasteiger partial charge < -0.3 is 11.1 Å². The van der Waals surface area contributed by atoms with Crippen molar-refractivity contribution in [1.29, 1.82) is 0 Å². The van der Waals surface area contributed by atoms with Crippen LogP contribution in [0.3, 0.4) is 0 Å². The van der Waals surface area contributed by atoms with Crippen molar-refractivity contribution >= 4 is 22.9 Å². The van der Waals surface area contributed by atoms with Gasteiger partial charge in [0.1, 0.15) is 10.7 Å². The van der Waals surface area contributed by atoms with Crippen LogP contribution in [0.15, 0.2) is 5.38 Å². The third kappa shape index (κ3) is 2.76. The summed E-state index contributed by atoms with van der Waals surface area (Å²) in [5.74, 6) is -0.222. The van der Waals surface area contributed by atoms with Gasteiger partial charge in [0.25, 0.3) is 5.91 Å². The van der Waals surface area contributed by atoms with Crippen LogP contribution in [0.1, 0.15) is 33.8 Å². The fourth-order valence-electron chi connectivity index (χ4n) is 1.85. The van der Waals surface area contributed by atoms with Gasteiger partial charge in [0.05, 0.1) is 17.9 Å². The van der Waals surface area contributed by atoms with Crippen LogP contribution in [0, 0.1) is 6.92 Å². The highest BCUT2D eigenvalue weighted by Crippen LogP contribution is 2.17. The molecule has 1 amide bonds. The minimum atomic E-state index is -0.222. The highest BCUT2D eigenvalue weighted by molar-refractivity contribution is 7.09. The van der Waals surface area contributed by atoms with Crippen LogP contribution in [-0.4, -0.2) is 20.7 Å². The Morgan fingerprint density at radius 2 is 2.32 bits per heavy atom. The fourth-order valence-corrected chi connectivity index (χ4v) is 2.56. The number of rotatable bonds is 4. The summed E-state index contributed by atoms with van der Waals surface area (Å²) in [5.41, 5.74) is 8.50. The molecule has 2 aromatic heterocycles. The summed E-state index contributed by atoms with van der Waals surface area (Å²) in [6.45, 7) is 4.29. The average molecular weight is 279 g/mol. The predicted octanol–water partition coefficient (Wildman–Crippen LogP) is 1.26. The Morgan fingerprint density at radius 3 is 2.84 bits per heavy atom. The highest BCUT2D eigenvalue weighted by Gasteiger charge is 2.18. The van der Waals surface area contributed by atoms with Crippen molar-refractivity contribution in [3.63, 3.8) is 0 Å². The number of carbonyl (C=O) groups excluding carboxylic acids is 1. The Balaban J connectivity index is 2.10. The molecule has 0 saturated carbocycles. The number of hydrogen-bond donors (Lipinski definition) is 2. The van der Waals surface area contributed by atoms with Crippen LogP contribution in [0.5, 0.6) is 0 Å². The van der Waals surface area contributed by atoms with E-state index in [4.69, 9.17) is 5.73 Å². The quantitative estimate of drug-likeness (QED) is 0.882. The number of nitrogens with two attached hydrogens (primary N) is 1. The second kappa shape index (κ2) is 5.40. The Labute approximate surface area is 115 Å². The normalized spacial score (nSPS) is 10.7. The van der Waals surface area contributed by atoms with Gasteiger partial charge in [-0.2, -0.15) is 5.10 Å². The molecule has 3 N–H and O–H groups in total. The zero-order valence-corrected chi connectivity index (χ0v) is 12.0. The standard InChI is InChI=1S/C12H17N5OS/c1-4-8-10(13)11(17(3)16-8)12(18)14-5-9-15-7(2)6-19-9/h6H,4-5,13H2,1-3H3,(H,14,18). The minimum Gasteiger partial charge on any atom is -0.395 e. The predicted molar refractivity (Wildman–Crippen MR) is 75.0 cm³/mol. The topological polar surface area (TPSA) is 85.8 Å². The lowest BCUT2D eigenvalue weighted by Gasteiger charge is -2.04. The van der Waals surface area contributed by atoms with E-state index in [2.05, 4.69) is 15.4 Å². The maximum absolute atomic E-state index is 12.1. The van der Waals surface area contributed by atoms with Crippen molar-refractivity contribution in [3.05, 3.63) is 27.5 Å². The molecular formula is C12H17N5OS. The molecule has 2 heterocycles. The van der Waals surface area contributed by atoms with E-state index in [1.807, 2.05) is 19.2 Å². The van der Waals surface area contributed by atoms with E-state index >= 15 is 0 Å². The SMILES string of the molecule is CCc1nn(C)c(C(=O)NCc2nc(C)cs2)c1N. The molecule has 19 heavy (non-hydrogen) atoms. The molecule has 0 atom stereocenters. The number of nitrogen functional groups attached to an aromatic ring is 1. The van der Waals surface area contributed by atoms with Crippen LogP contribution in [0.25, 0.3) is 0 Å². The number of aryl methyl sites for hydroxylation is 3. The number of carbonyl (C=O) groups is 1. The molecule has 102 valence electrons. The minimum absolute atomic E-state index is 0.222. The molecule has 6 nitrogen and oxygen atoms in total. The number of hydrogen-bond acceptors (Lipinski definition) is 5. The van der Waals surface area contributed by atoms with Crippen molar-refractivity contribution in [2.24, 2.45) is 7.05 Å². The molecule has 0 radical (unpaired) electrons. The van der Waals surface area contributed by atoms with Gasteiger partial charge in [-0.3, -0.25) is 9.48 Å². The first kappa shape index (κ1) is 13.5. The van der Waals surface area contributed by atoms with Gasteiger partial charge in [-0.15, -0.1) is 11.3 Å². The smallest absolute Gasteiger partial charge is 0.272 e. The second-order valence-electron chi connectivity index (χ2n) is 4.25. The maximum Gasteiger partial charge on any atom is 0.272 e. The number of anilines is 1. The van der Waals surface area contributed by atoms with Gasteiger partial charge in [-0.25, -0.2) is 4.98 Å². The first-order valence-corrected chi connectivity index (χ1v) is 6.91. The molecule has 0 fully saturated rings. The van der Waals surface area contributed by atoms with Crippen LogP contribution >= 0.6 is 11.3 Å². The first-order chi connectivity index (χ1) is 9.02. The molecule has 0 saturated heterocycles. The Morgan fingerprint density at radius 1 is 1.58 bits per heavy atom. The van der Waals surface area contributed by atoms with Crippen molar-refractivity contribution < 1.29 is 4.79 Å². The molecule has 2 aromatic rings. The number of nitrogens with one attached hydrogen (secondary N) is 1. The third-order valence-corrected chi connectivity index (χ3v) is 3.74. The van der Waals surface area contributed by atoms with Crippen molar-refractivity contribution in [2.45, 2.75) is 26.8 Å². The molecule has 7 heteroatoms. The molecule has 0 aliphatic carbocycles. The second-order valence-corrected chi connectivity index (χ2v) is 5.19. The molecule has 0 unspecified atom stereocenters. The summed E-state index contributed by atoms with van der Waals surface area (Å²) < 4.78 is 1.52. The van der Waals surface area contributed by atoms with E-state index < -0.39 is 0 Å². The van der Waals surface area contributed by atoms with E-state index in [1.54, 1.807) is 7.05 Å². The highest BCUT2D eigenvalue weighted by atomic mass is 32.1. The molecule has 0 aromatic carbocycles. The van der Waals surface area contributed by atoms with Gasteiger partial charge >= 0.3 is 0 Å². The molecule has 0 aliphatic heterocycles. The molecule has 0 bridgehead atoms. The maximum atomic E-state index is 12.1. The number of nitrogens with zero attached hydrogens (tertiary/aromatic N) is 3. The van der Waals surface area contributed by atoms with E-state index in [-0.39, 0.29) is 5.91 Å². The van der Waals surface area contributed by atoms with Crippen molar-refractivity contribution in [1.82, 2.24) is 20.1 Å². The zero-order chi connectivity index (χ0) is 14.0. The largest absolute Gasteiger partial charge is 0.395 e. The lowest BCUT2D eigenvalue weighted by atomic mass is 10.2. The summed E-state index contributed by atoms with van der Waals surface area (Å²) in [6.07, 6.45) is 0.707. The van der Waals surface area contributed by atoms with E-state index in [9.17, 15) is 4.79 Å². The van der Waals surface area contributed by atoms with Gasteiger partial charge in [0.15, 0.2) is 0 Å². The van der Waals surface area contributed by atoms with Crippen LogP contribution in [0.2, 0.25) is 0 Å². The first-order valence-electron chi connectivity index (χ1n) is 6.03. The summed E-state index contributed by atoms with van der Waals surface area (Å²) in [5, 5.41) is 9.87. The lowest BCUT2D eigenvalue weighted by Crippen LogP contribution is -2.26. The molecule has 0 spiro atoms. The average Bonchev–Trinajstić information content (AvgIpc) is 2.90. The number of thiazole rings is 1. The number of aromatic nitrogens is 3. The van der Waals surface area contributed by atoms with Crippen molar-refractivity contribution in [2.75, 3.05) is 5.73 Å². The summed E-state index contributed by atoms with van der Waals surface area (Å²) in [4.78, 5) is 16.4. The monoisotopic (exact) mass is 279 g/mol. The van der Waals surface area contributed by atoms with Crippen molar-refractivity contribution in [3.8, 4) is 0 Å². The molecular weight excluding hydrogens is 262 g/mol. The van der Waals surface area contributed by atoms with E-state index in [0.29, 0.717) is 24.3 Å². The Bertz CT molecular complexity index is 601. The summed E-state index contributed by atoms with van der Waals surface area (Å²) in [7, 11) is 1.72. The summed E-state index contributed by atoms with van der Waals surface area (Å²) >= 11 is 1.53. The van der Waals surface area contributed by atoms with E-state index in [0.717, 1.165) is 16.4 Å². The van der Waals surface area contributed by atoms with Gasteiger partial charge in [-0.05, 0) is 13.3 Å². The van der Waals surface area contributed by atoms with Crippen LogP contribution in [0.4, 0.5) is 5.69 Å². The Kier molecular flexibility index (Phi) is 3.84. The van der Waals surface area contributed by atoms with Gasteiger partial charge in [0, 0.05) is 18.1 Å². The molecule has 2 rings (SSSR count). The Hall–Kier alpha value is -1.89. The fraction of sp³-hybridized carbons (Fsp3) is 0.417. The van der Waals surface area contributed by atoms with Crippen LogP contribution < -0.4 is 11.1 Å². The van der Waals surface area contributed by atoms with Gasteiger partial charge in [0.2, 0.25) is 0 Å².